The molecule has 2 rings (SSSR count). The standard InChI is InChI=1S/C16H24N4O2/c17-10-13(16(22)20-14-4-2-1-3-5-14)11-19-15(21)12-6-8-18-9-7-12/h11-12,14,18H,1-9H2,(H,19,21)(H,20,22)/b13-11-. The van der Waals surface area contributed by atoms with Crippen LogP contribution < -0.4 is 16.0 Å². The van der Waals surface area contributed by atoms with Crippen LogP contribution in [0.15, 0.2) is 11.8 Å². The van der Waals surface area contributed by atoms with E-state index in [1.54, 1.807) is 0 Å². The van der Waals surface area contributed by atoms with Crippen LogP contribution in [0.25, 0.3) is 0 Å². The highest BCUT2D eigenvalue weighted by molar-refractivity contribution is 5.98. The van der Waals surface area contributed by atoms with E-state index >= 15 is 0 Å². The Balaban J connectivity index is 1.84. The van der Waals surface area contributed by atoms with E-state index in [0.717, 1.165) is 51.6 Å². The SMILES string of the molecule is N#C/C(=C/NC(=O)C1CCNCC1)C(=O)NC1CCCCC1. The highest BCUT2D eigenvalue weighted by Gasteiger charge is 2.21. The van der Waals surface area contributed by atoms with Crippen molar-refractivity contribution in [3.8, 4) is 6.07 Å². The second kappa shape index (κ2) is 8.54. The first-order valence-electron chi connectivity index (χ1n) is 8.13. The first-order chi connectivity index (χ1) is 10.7. The van der Waals surface area contributed by atoms with Gasteiger partial charge in [0.25, 0.3) is 5.91 Å². The summed E-state index contributed by atoms with van der Waals surface area (Å²) < 4.78 is 0. The molecule has 120 valence electrons. The highest BCUT2D eigenvalue weighted by atomic mass is 16.2. The predicted octanol–water partition coefficient (Wildman–Crippen LogP) is 0.959. The molecule has 1 aliphatic carbocycles. The van der Waals surface area contributed by atoms with Crippen molar-refractivity contribution in [2.75, 3.05) is 13.1 Å². The third kappa shape index (κ3) is 4.85. The molecular formula is C16H24N4O2. The quantitative estimate of drug-likeness (QED) is 0.532. The third-order valence-electron chi connectivity index (χ3n) is 4.37. The van der Waals surface area contributed by atoms with Gasteiger partial charge in [0.05, 0.1) is 0 Å². The van der Waals surface area contributed by atoms with E-state index in [9.17, 15) is 9.59 Å². The molecule has 0 atom stereocenters. The molecule has 0 spiro atoms. The van der Waals surface area contributed by atoms with Gasteiger partial charge in [-0.1, -0.05) is 19.3 Å². The van der Waals surface area contributed by atoms with Gasteiger partial charge in [-0.25, -0.2) is 0 Å². The number of rotatable bonds is 4. The van der Waals surface area contributed by atoms with Crippen LogP contribution in [-0.4, -0.2) is 30.9 Å². The molecule has 1 aliphatic heterocycles. The van der Waals surface area contributed by atoms with Gasteiger partial charge >= 0.3 is 0 Å². The number of carbonyl (C=O) groups is 2. The van der Waals surface area contributed by atoms with Gasteiger partial charge in [-0.05, 0) is 38.8 Å². The molecule has 22 heavy (non-hydrogen) atoms. The molecule has 1 saturated carbocycles. The average Bonchev–Trinajstić information content (AvgIpc) is 2.57. The molecule has 2 aliphatic rings. The maximum absolute atomic E-state index is 12.1. The summed E-state index contributed by atoms with van der Waals surface area (Å²) in [5.41, 5.74) is -0.0344. The Morgan fingerprint density at radius 1 is 1.09 bits per heavy atom. The molecule has 0 aromatic heterocycles. The first-order valence-corrected chi connectivity index (χ1v) is 8.13. The van der Waals surface area contributed by atoms with Crippen molar-refractivity contribution in [1.29, 1.82) is 5.26 Å². The van der Waals surface area contributed by atoms with Crippen LogP contribution in [0.4, 0.5) is 0 Å². The van der Waals surface area contributed by atoms with E-state index in [-0.39, 0.29) is 29.3 Å². The molecular weight excluding hydrogens is 280 g/mol. The number of carbonyl (C=O) groups excluding carboxylic acids is 2. The molecule has 0 bridgehead atoms. The molecule has 3 N–H and O–H groups in total. The molecule has 0 aromatic rings. The lowest BCUT2D eigenvalue weighted by Crippen LogP contribution is -2.38. The molecule has 2 amide bonds. The zero-order valence-corrected chi connectivity index (χ0v) is 12.9. The van der Waals surface area contributed by atoms with E-state index in [1.165, 1.54) is 12.6 Å². The van der Waals surface area contributed by atoms with Crippen LogP contribution in [0.1, 0.15) is 44.9 Å². The molecule has 1 heterocycles. The molecule has 1 saturated heterocycles. The summed E-state index contributed by atoms with van der Waals surface area (Å²) in [6, 6.07) is 2.02. The number of hydrogen-bond donors (Lipinski definition) is 3. The fourth-order valence-electron chi connectivity index (χ4n) is 3.00. The summed E-state index contributed by atoms with van der Waals surface area (Å²) in [6.45, 7) is 1.66. The Hall–Kier alpha value is -1.87. The highest BCUT2D eigenvalue weighted by Crippen LogP contribution is 2.17. The van der Waals surface area contributed by atoms with Crippen molar-refractivity contribution in [1.82, 2.24) is 16.0 Å². The van der Waals surface area contributed by atoms with E-state index in [4.69, 9.17) is 5.26 Å². The van der Waals surface area contributed by atoms with Crippen LogP contribution in [0.2, 0.25) is 0 Å². The van der Waals surface area contributed by atoms with Crippen LogP contribution in [0.5, 0.6) is 0 Å². The Morgan fingerprint density at radius 2 is 1.77 bits per heavy atom. The number of nitrogens with zero attached hydrogens (tertiary/aromatic N) is 1. The van der Waals surface area contributed by atoms with Gasteiger partial charge in [0.1, 0.15) is 11.6 Å². The lowest BCUT2D eigenvalue weighted by molar-refractivity contribution is -0.124. The molecule has 0 radical (unpaired) electrons. The van der Waals surface area contributed by atoms with Gasteiger partial charge in [0.2, 0.25) is 5.91 Å². The monoisotopic (exact) mass is 304 g/mol. The second-order valence-electron chi connectivity index (χ2n) is 6.01. The van der Waals surface area contributed by atoms with Gasteiger partial charge in [0.15, 0.2) is 0 Å². The van der Waals surface area contributed by atoms with Crippen molar-refractivity contribution in [2.45, 2.75) is 51.0 Å². The first kappa shape index (κ1) is 16.5. The number of nitrogens with one attached hydrogen (secondary N) is 3. The second-order valence-corrected chi connectivity index (χ2v) is 6.01. The number of hydrogen-bond acceptors (Lipinski definition) is 4. The van der Waals surface area contributed by atoms with Crippen molar-refractivity contribution in [3.05, 3.63) is 11.8 Å². The predicted molar refractivity (Wildman–Crippen MR) is 82.4 cm³/mol. The zero-order chi connectivity index (χ0) is 15.8. The van der Waals surface area contributed by atoms with Gasteiger partial charge in [-0.2, -0.15) is 5.26 Å². The zero-order valence-electron chi connectivity index (χ0n) is 12.9. The molecule has 6 nitrogen and oxygen atoms in total. The lowest BCUT2D eigenvalue weighted by atomic mass is 9.95. The number of nitriles is 1. The van der Waals surface area contributed by atoms with Crippen LogP contribution in [0, 0.1) is 17.2 Å². The Bertz CT molecular complexity index is 469. The Labute approximate surface area is 131 Å². The minimum Gasteiger partial charge on any atom is -0.349 e. The summed E-state index contributed by atoms with van der Waals surface area (Å²) in [6.07, 6.45) is 8.19. The maximum Gasteiger partial charge on any atom is 0.263 e. The summed E-state index contributed by atoms with van der Waals surface area (Å²) in [5, 5.41) is 17.8. The van der Waals surface area contributed by atoms with Crippen LogP contribution >= 0.6 is 0 Å². The largest absolute Gasteiger partial charge is 0.349 e. The van der Waals surface area contributed by atoms with Gasteiger partial charge < -0.3 is 16.0 Å². The summed E-state index contributed by atoms with van der Waals surface area (Å²) in [4.78, 5) is 24.1. The minimum absolute atomic E-state index is 0.0344. The van der Waals surface area contributed by atoms with E-state index in [0.29, 0.717) is 0 Å². The number of piperidine rings is 1. The van der Waals surface area contributed by atoms with Gasteiger partial charge in [-0.15, -0.1) is 0 Å². The molecule has 0 aromatic carbocycles. The average molecular weight is 304 g/mol. The normalized spacial score (nSPS) is 21.0. The van der Waals surface area contributed by atoms with Crippen LogP contribution in [-0.2, 0) is 9.59 Å². The van der Waals surface area contributed by atoms with Crippen molar-refractivity contribution >= 4 is 11.8 Å². The Kier molecular flexibility index (Phi) is 6.41. The maximum atomic E-state index is 12.1. The topological polar surface area (TPSA) is 94.0 Å². The van der Waals surface area contributed by atoms with E-state index in [1.807, 2.05) is 6.07 Å². The summed E-state index contributed by atoms with van der Waals surface area (Å²) in [7, 11) is 0. The van der Waals surface area contributed by atoms with Crippen LogP contribution in [0.3, 0.4) is 0 Å². The lowest BCUT2D eigenvalue weighted by Gasteiger charge is -2.22. The van der Waals surface area contributed by atoms with E-state index < -0.39 is 0 Å². The van der Waals surface area contributed by atoms with Gasteiger partial charge in [0, 0.05) is 18.2 Å². The molecule has 0 unspecified atom stereocenters. The van der Waals surface area contributed by atoms with Crippen molar-refractivity contribution in [2.24, 2.45) is 5.92 Å². The smallest absolute Gasteiger partial charge is 0.263 e. The minimum atomic E-state index is -0.389. The Morgan fingerprint density at radius 3 is 2.41 bits per heavy atom. The van der Waals surface area contributed by atoms with E-state index in [2.05, 4.69) is 16.0 Å². The summed E-state index contributed by atoms with van der Waals surface area (Å²) in [5.74, 6) is -0.543. The molecule has 2 fully saturated rings. The number of amides is 2. The molecule has 6 heteroatoms. The third-order valence-corrected chi connectivity index (χ3v) is 4.37. The van der Waals surface area contributed by atoms with Crippen molar-refractivity contribution < 1.29 is 9.59 Å². The fraction of sp³-hybridized carbons (Fsp3) is 0.688. The summed E-state index contributed by atoms with van der Waals surface area (Å²) >= 11 is 0. The fourth-order valence-corrected chi connectivity index (χ4v) is 3.00. The van der Waals surface area contributed by atoms with Gasteiger partial charge in [-0.3, -0.25) is 9.59 Å². The van der Waals surface area contributed by atoms with Crippen molar-refractivity contribution in [3.63, 3.8) is 0 Å².